The number of rotatable bonds is 4. The minimum Gasteiger partial charge on any atom is -0.466 e. The molecule has 1 saturated heterocycles. The first-order valence-corrected chi connectivity index (χ1v) is 7.37. The van der Waals surface area contributed by atoms with Gasteiger partial charge in [-0.25, -0.2) is 4.98 Å². The molecule has 1 aliphatic heterocycles. The predicted molar refractivity (Wildman–Crippen MR) is 71.5 cm³/mol. The van der Waals surface area contributed by atoms with Gasteiger partial charge in [-0.15, -0.1) is 11.3 Å². The molecular formula is C13H20N2O2S. The lowest BCUT2D eigenvalue weighted by Gasteiger charge is -2.30. The minimum atomic E-state index is -0.0448. The minimum absolute atomic E-state index is 0.0402. The summed E-state index contributed by atoms with van der Waals surface area (Å²) in [4.78, 5) is 18.5. The number of nitrogens with zero attached hydrogens (tertiary/aromatic N) is 2. The van der Waals surface area contributed by atoms with Gasteiger partial charge in [0.1, 0.15) is 0 Å². The normalized spacial score (nSPS) is 20.9. The Hall–Kier alpha value is -0.940. The van der Waals surface area contributed by atoms with E-state index in [0.29, 0.717) is 6.61 Å². The lowest BCUT2D eigenvalue weighted by Crippen LogP contribution is -2.39. The molecule has 1 aliphatic rings. The molecule has 0 unspecified atom stereocenters. The molecule has 1 fully saturated rings. The zero-order valence-electron chi connectivity index (χ0n) is 11.0. The number of thiazole rings is 1. The maximum Gasteiger partial charge on any atom is 0.310 e. The van der Waals surface area contributed by atoms with Crippen molar-refractivity contribution in [3.8, 4) is 0 Å². The number of aromatic nitrogens is 1. The first kappa shape index (κ1) is 13.5. The highest BCUT2D eigenvalue weighted by Gasteiger charge is 2.26. The third kappa shape index (κ3) is 3.53. The van der Waals surface area contributed by atoms with Gasteiger partial charge in [-0.05, 0) is 33.2 Å². The molecule has 1 aromatic rings. The summed E-state index contributed by atoms with van der Waals surface area (Å²) in [5, 5.41) is 3.20. The van der Waals surface area contributed by atoms with Crippen molar-refractivity contribution in [2.75, 3.05) is 19.7 Å². The molecule has 0 amide bonds. The molecular weight excluding hydrogens is 248 g/mol. The number of esters is 1. The summed E-state index contributed by atoms with van der Waals surface area (Å²) in [7, 11) is 0. The lowest BCUT2D eigenvalue weighted by atomic mass is 9.98. The summed E-state index contributed by atoms with van der Waals surface area (Å²) in [5.41, 5.74) is 1.11. The highest BCUT2D eigenvalue weighted by Crippen LogP contribution is 2.20. The summed E-state index contributed by atoms with van der Waals surface area (Å²) >= 11 is 1.68. The van der Waals surface area contributed by atoms with Crippen molar-refractivity contribution in [2.24, 2.45) is 5.92 Å². The van der Waals surface area contributed by atoms with Crippen LogP contribution in [0.15, 0.2) is 5.38 Å². The van der Waals surface area contributed by atoms with Gasteiger partial charge in [-0.3, -0.25) is 9.69 Å². The summed E-state index contributed by atoms with van der Waals surface area (Å²) in [6.45, 7) is 7.05. The van der Waals surface area contributed by atoms with Crippen LogP contribution in [0.5, 0.6) is 0 Å². The van der Waals surface area contributed by atoms with E-state index in [0.717, 1.165) is 43.2 Å². The summed E-state index contributed by atoms with van der Waals surface area (Å²) < 4.78 is 5.10. The van der Waals surface area contributed by atoms with Crippen molar-refractivity contribution < 1.29 is 9.53 Å². The van der Waals surface area contributed by atoms with Crippen LogP contribution in [0.2, 0.25) is 0 Å². The number of carbonyl (C=O) groups excluding carboxylic acids is 1. The quantitative estimate of drug-likeness (QED) is 0.785. The summed E-state index contributed by atoms with van der Waals surface area (Å²) in [6, 6.07) is 0. The fourth-order valence-corrected chi connectivity index (χ4v) is 2.97. The van der Waals surface area contributed by atoms with Crippen molar-refractivity contribution in [1.29, 1.82) is 0 Å². The smallest absolute Gasteiger partial charge is 0.310 e. The second-order valence-electron chi connectivity index (χ2n) is 4.68. The van der Waals surface area contributed by atoms with E-state index in [2.05, 4.69) is 15.3 Å². The lowest BCUT2D eigenvalue weighted by molar-refractivity contribution is -0.150. The van der Waals surface area contributed by atoms with E-state index in [9.17, 15) is 4.79 Å². The first-order chi connectivity index (χ1) is 8.69. The average molecular weight is 268 g/mol. The van der Waals surface area contributed by atoms with E-state index >= 15 is 0 Å². The molecule has 0 spiro atoms. The second kappa shape index (κ2) is 6.29. The molecule has 0 bridgehead atoms. The number of aryl methyl sites for hydroxylation is 1. The van der Waals surface area contributed by atoms with Gasteiger partial charge in [0.15, 0.2) is 0 Å². The molecule has 4 nitrogen and oxygen atoms in total. The Morgan fingerprint density at radius 3 is 3.17 bits per heavy atom. The van der Waals surface area contributed by atoms with E-state index in [1.54, 1.807) is 11.3 Å². The number of piperidine rings is 1. The number of ether oxygens (including phenoxy) is 1. The highest BCUT2D eigenvalue weighted by atomic mass is 32.1. The maximum atomic E-state index is 11.7. The molecule has 1 aromatic heterocycles. The van der Waals surface area contributed by atoms with Gasteiger partial charge in [-0.2, -0.15) is 0 Å². The Kier molecular flexibility index (Phi) is 4.72. The van der Waals surface area contributed by atoms with Crippen LogP contribution < -0.4 is 0 Å². The van der Waals surface area contributed by atoms with Crippen molar-refractivity contribution >= 4 is 17.3 Å². The van der Waals surface area contributed by atoms with Gasteiger partial charge in [0.2, 0.25) is 0 Å². The standard InChI is InChI=1S/C13H20N2O2S/c1-3-17-13(16)11-5-4-6-15(7-11)8-12-9-18-10(2)14-12/h9,11H,3-8H2,1-2H3/t11-/m0/s1. The van der Waals surface area contributed by atoms with Crippen LogP contribution >= 0.6 is 11.3 Å². The van der Waals surface area contributed by atoms with Gasteiger partial charge >= 0.3 is 5.97 Å². The van der Waals surface area contributed by atoms with Crippen molar-refractivity contribution in [1.82, 2.24) is 9.88 Å². The Balaban J connectivity index is 1.88. The monoisotopic (exact) mass is 268 g/mol. The van der Waals surface area contributed by atoms with E-state index in [1.165, 1.54) is 0 Å². The molecule has 100 valence electrons. The first-order valence-electron chi connectivity index (χ1n) is 6.49. The Labute approximate surface area is 112 Å². The Bertz CT molecular complexity index is 405. The molecule has 2 rings (SSSR count). The van der Waals surface area contributed by atoms with Gasteiger partial charge < -0.3 is 4.74 Å². The predicted octanol–water partition coefficient (Wildman–Crippen LogP) is 2.23. The molecule has 2 heterocycles. The van der Waals surface area contributed by atoms with Crippen molar-refractivity contribution in [3.05, 3.63) is 16.1 Å². The van der Waals surface area contributed by atoms with E-state index in [4.69, 9.17) is 4.74 Å². The van der Waals surface area contributed by atoms with Gasteiger partial charge in [0.25, 0.3) is 0 Å². The summed E-state index contributed by atoms with van der Waals surface area (Å²) in [6.07, 6.45) is 2.01. The van der Waals surface area contributed by atoms with E-state index in [-0.39, 0.29) is 11.9 Å². The average Bonchev–Trinajstić information content (AvgIpc) is 2.75. The van der Waals surface area contributed by atoms with Gasteiger partial charge in [0, 0.05) is 18.5 Å². The number of hydrogen-bond acceptors (Lipinski definition) is 5. The topological polar surface area (TPSA) is 42.4 Å². The zero-order chi connectivity index (χ0) is 13.0. The molecule has 1 atom stereocenters. The SMILES string of the molecule is CCOC(=O)[C@H]1CCCN(Cc2csc(C)n2)C1. The van der Waals surface area contributed by atoms with Crippen molar-refractivity contribution in [2.45, 2.75) is 33.2 Å². The molecule has 0 aliphatic carbocycles. The molecule has 0 N–H and O–H groups in total. The van der Waals surface area contributed by atoms with Gasteiger partial charge in [-0.1, -0.05) is 0 Å². The van der Waals surface area contributed by atoms with Crippen LogP contribution in [0, 0.1) is 12.8 Å². The third-order valence-corrected chi connectivity index (χ3v) is 4.00. The molecule has 18 heavy (non-hydrogen) atoms. The number of carbonyl (C=O) groups is 1. The Morgan fingerprint density at radius 1 is 1.67 bits per heavy atom. The van der Waals surface area contributed by atoms with Crippen LogP contribution in [0.25, 0.3) is 0 Å². The van der Waals surface area contributed by atoms with Crippen LogP contribution in [-0.2, 0) is 16.1 Å². The fourth-order valence-electron chi connectivity index (χ4n) is 2.36. The number of hydrogen-bond donors (Lipinski definition) is 0. The molecule has 0 saturated carbocycles. The molecule has 5 heteroatoms. The van der Waals surface area contributed by atoms with Gasteiger partial charge in [0.05, 0.1) is 23.2 Å². The second-order valence-corrected chi connectivity index (χ2v) is 5.75. The van der Waals surface area contributed by atoms with Crippen LogP contribution in [0.3, 0.4) is 0 Å². The van der Waals surface area contributed by atoms with Crippen LogP contribution in [-0.4, -0.2) is 35.5 Å². The Morgan fingerprint density at radius 2 is 2.50 bits per heavy atom. The van der Waals surface area contributed by atoms with E-state index in [1.807, 2.05) is 13.8 Å². The third-order valence-electron chi connectivity index (χ3n) is 3.18. The van der Waals surface area contributed by atoms with Crippen molar-refractivity contribution in [3.63, 3.8) is 0 Å². The zero-order valence-corrected chi connectivity index (χ0v) is 11.8. The van der Waals surface area contributed by atoms with Crippen LogP contribution in [0.4, 0.5) is 0 Å². The van der Waals surface area contributed by atoms with Crippen LogP contribution in [0.1, 0.15) is 30.5 Å². The molecule has 0 radical (unpaired) electrons. The maximum absolute atomic E-state index is 11.7. The largest absolute Gasteiger partial charge is 0.466 e. The molecule has 0 aromatic carbocycles. The fraction of sp³-hybridized carbons (Fsp3) is 0.692. The summed E-state index contributed by atoms with van der Waals surface area (Å²) in [5.74, 6) is -0.00455. The van der Waals surface area contributed by atoms with E-state index < -0.39 is 0 Å². The number of likely N-dealkylation sites (tertiary alicyclic amines) is 1. The highest BCUT2D eigenvalue weighted by molar-refractivity contribution is 7.09.